The number of rotatable bonds is 3. The molecule has 1 unspecified atom stereocenters. The van der Waals surface area contributed by atoms with E-state index in [-0.39, 0.29) is 0 Å². The molecule has 0 aliphatic carbocycles. The van der Waals surface area contributed by atoms with Gasteiger partial charge in [0.25, 0.3) is 0 Å². The quantitative estimate of drug-likeness (QED) is 0.797. The Bertz CT molecular complexity index is 416. The van der Waals surface area contributed by atoms with Crippen molar-refractivity contribution in [3.05, 3.63) is 35.4 Å². The number of piperazine rings is 1. The number of hydrogen-bond acceptors (Lipinski definition) is 3. The number of likely N-dealkylation sites (N-methyl/N-ethyl adjacent to an activating group) is 1. The second-order valence-electron chi connectivity index (χ2n) is 5.79. The van der Waals surface area contributed by atoms with E-state index >= 15 is 0 Å². The standard InChI is InChI=1S/C15H23N3/c1-16(2)7-8-17-9-10-18-11-13-5-3-4-6-14(13)15(18)12-17/h3-6,15H,7-12H2,1-2H3. The highest BCUT2D eigenvalue weighted by molar-refractivity contribution is 5.34. The zero-order chi connectivity index (χ0) is 12.5. The number of nitrogens with zero attached hydrogens (tertiary/aromatic N) is 3. The van der Waals surface area contributed by atoms with Gasteiger partial charge < -0.3 is 4.90 Å². The number of fused-ring (bicyclic) bond motifs is 3. The summed E-state index contributed by atoms with van der Waals surface area (Å²) in [6.45, 7) is 7.15. The summed E-state index contributed by atoms with van der Waals surface area (Å²) in [5.74, 6) is 0. The van der Waals surface area contributed by atoms with Crippen LogP contribution < -0.4 is 0 Å². The second-order valence-corrected chi connectivity index (χ2v) is 5.79. The normalized spacial score (nSPS) is 24.3. The molecular formula is C15H23N3. The minimum absolute atomic E-state index is 0.636. The van der Waals surface area contributed by atoms with Gasteiger partial charge in [0.05, 0.1) is 0 Å². The van der Waals surface area contributed by atoms with Crippen molar-refractivity contribution in [3.8, 4) is 0 Å². The molecule has 0 N–H and O–H groups in total. The van der Waals surface area contributed by atoms with E-state index in [0.717, 1.165) is 13.1 Å². The summed E-state index contributed by atoms with van der Waals surface area (Å²) in [6.07, 6.45) is 0. The van der Waals surface area contributed by atoms with Crippen molar-refractivity contribution in [1.29, 1.82) is 0 Å². The number of benzene rings is 1. The summed E-state index contributed by atoms with van der Waals surface area (Å²) in [6, 6.07) is 9.59. The first kappa shape index (κ1) is 12.2. The molecule has 3 heteroatoms. The zero-order valence-corrected chi connectivity index (χ0v) is 11.5. The largest absolute Gasteiger partial charge is 0.308 e. The molecular weight excluding hydrogens is 222 g/mol. The van der Waals surface area contributed by atoms with Gasteiger partial charge in [0.2, 0.25) is 0 Å². The van der Waals surface area contributed by atoms with Crippen molar-refractivity contribution in [2.75, 3.05) is 46.8 Å². The van der Waals surface area contributed by atoms with Crippen LogP contribution in [0, 0.1) is 0 Å². The minimum Gasteiger partial charge on any atom is -0.308 e. The first-order valence-electron chi connectivity index (χ1n) is 6.93. The highest BCUT2D eigenvalue weighted by atomic mass is 15.3. The third-order valence-electron chi connectivity index (χ3n) is 4.23. The van der Waals surface area contributed by atoms with Crippen molar-refractivity contribution in [3.63, 3.8) is 0 Å². The van der Waals surface area contributed by atoms with Crippen molar-refractivity contribution in [1.82, 2.24) is 14.7 Å². The van der Waals surface area contributed by atoms with Crippen LogP contribution in [0.3, 0.4) is 0 Å². The Labute approximate surface area is 110 Å². The van der Waals surface area contributed by atoms with E-state index in [9.17, 15) is 0 Å². The Kier molecular flexibility index (Phi) is 3.37. The molecule has 1 aromatic rings. The van der Waals surface area contributed by atoms with Gasteiger partial charge in [-0.1, -0.05) is 24.3 Å². The van der Waals surface area contributed by atoms with E-state index < -0.39 is 0 Å². The van der Waals surface area contributed by atoms with E-state index in [1.807, 2.05) is 0 Å². The lowest BCUT2D eigenvalue weighted by molar-refractivity contribution is 0.0791. The molecule has 0 radical (unpaired) electrons. The van der Waals surface area contributed by atoms with Crippen molar-refractivity contribution < 1.29 is 0 Å². The fourth-order valence-electron chi connectivity index (χ4n) is 3.13. The average Bonchev–Trinajstić information content (AvgIpc) is 2.74. The molecule has 3 rings (SSSR count). The summed E-state index contributed by atoms with van der Waals surface area (Å²) in [5.41, 5.74) is 3.10. The zero-order valence-electron chi connectivity index (χ0n) is 11.5. The molecule has 18 heavy (non-hydrogen) atoms. The van der Waals surface area contributed by atoms with Crippen LogP contribution in [-0.4, -0.2) is 61.5 Å². The highest BCUT2D eigenvalue weighted by Crippen LogP contribution is 2.35. The molecule has 0 bridgehead atoms. The number of hydrogen-bond donors (Lipinski definition) is 0. The molecule has 1 aromatic carbocycles. The Balaban J connectivity index is 1.68. The van der Waals surface area contributed by atoms with Gasteiger partial charge in [0.1, 0.15) is 0 Å². The summed E-state index contributed by atoms with van der Waals surface area (Å²) >= 11 is 0. The maximum Gasteiger partial charge on any atom is 0.0482 e. The van der Waals surface area contributed by atoms with Crippen LogP contribution in [0.5, 0.6) is 0 Å². The van der Waals surface area contributed by atoms with E-state index in [1.54, 1.807) is 5.56 Å². The molecule has 0 amide bonds. The molecule has 3 nitrogen and oxygen atoms in total. The van der Waals surface area contributed by atoms with Crippen LogP contribution in [0.1, 0.15) is 17.2 Å². The van der Waals surface area contributed by atoms with Gasteiger partial charge in [-0.3, -0.25) is 9.80 Å². The van der Waals surface area contributed by atoms with Gasteiger partial charge in [-0.25, -0.2) is 0 Å². The summed E-state index contributed by atoms with van der Waals surface area (Å²) in [4.78, 5) is 7.52. The predicted octanol–water partition coefficient (Wildman–Crippen LogP) is 1.42. The third kappa shape index (κ3) is 2.30. The van der Waals surface area contributed by atoms with Gasteiger partial charge in [0, 0.05) is 45.3 Å². The maximum absolute atomic E-state index is 2.64. The molecule has 98 valence electrons. The van der Waals surface area contributed by atoms with Crippen molar-refractivity contribution in [2.45, 2.75) is 12.6 Å². The van der Waals surface area contributed by atoms with Gasteiger partial charge in [-0.2, -0.15) is 0 Å². The Hall–Kier alpha value is -0.900. The molecule has 1 fully saturated rings. The van der Waals surface area contributed by atoms with Gasteiger partial charge in [-0.15, -0.1) is 0 Å². The van der Waals surface area contributed by atoms with Crippen molar-refractivity contribution >= 4 is 0 Å². The monoisotopic (exact) mass is 245 g/mol. The molecule has 2 aliphatic heterocycles. The Morgan fingerprint density at radius 2 is 2.06 bits per heavy atom. The van der Waals surface area contributed by atoms with E-state index in [4.69, 9.17) is 0 Å². The average molecular weight is 245 g/mol. The third-order valence-corrected chi connectivity index (χ3v) is 4.23. The van der Waals surface area contributed by atoms with E-state index in [0.29, 0.717) is 6.04 Å². The van der Waals surface area contributed by atoms with E-state index in [1.165, 1.54) is 31.7 Å². The van der Waals surface area contributed by atoms with E-state index in [2.05, 4.69) is 53.1 Å². The molecule has 1 saturated heterocycles. The lowest BCUT2D eigenvalue weighted by Crippen LogP contribution is -2.47. The summed E-state index contributed by atoms with van der Waals surface area (Å²) in [7, 11) is 4.31. The fourth-order valence-corrected chi connectivity index (χ4v) is 3.13. The van der Waals surface area contributed by atoms with Crippen molar-refractivity contribution in [2.24, 2.45) is 0 Å². The topological polar surface area (TPSA) is 9.72 Å². The molecule has 0 saturated carbocycles. The van der Waals surface area contributed by atoms with Crippen LogP contribution in [0.15, 0.2) is 24.3 Å². The van der Waals surface area contributed by atoms with Crippen LogP contribution in [0.4, 0.5) is 0 Å². The Morgan fingerprint density at radius 1 is 1.22 bits per heavy atom. The molecule has 0 aromatic heterocycles. The van der Waals surface area contributed by atoms with Gasteiger partial charge in [0.15, 0.2) is 0 Å². The first-order chi connectivity index (χ1) is 8.74. The van der Waals surface area contributed by atoms with Gasteiger partial charge >= 0.3 is 0 Å². The fraction of sp³-hybridized carbons (Fsp3) is 0.600. The second kappa shape index (κ2) is 5.00. The molecule has 2 aliphatic rings. The SMILES string of the molecule is CN(C)CCN1CCN2Cc3ccccc3C2C1. The predicted molar refractivity (Wildman–Crippen MR) is 74.6 cm³/mol. The molecule has 2 heterocycles. The highest BCUT2D eigenvalue weighted by Gasteiger charge is 2.34. The van der Waals surface area contributed by atoms with Crippen LogP contribution in [0.2, 0.25) is 0 Å². The maximum atomic E-state index is 2.64. The lowest BCUT2D eigenvalue weighted by atomic mass is 10.0. The smallest absolute Gasteiger partial charge is 0.0482 e. The molecule has 0 spiro atoms. The Morgan fingerprint density at radius 3 is 2.89 bits per heavy atom. The lowest BCUT2D eigenvalue weighted by Gasteiger charge is -2.38. The van der Waals surface area contributed by atoms with Crippen LogP contribution >= 0.6 is 0 Å². The van der Waals surface area contributed by atoms with Crippen LogP contribution in [0.25, 0.3) is 0 Å². The summed E-state index contributed by atoms with van der Waals surface area (Å²) in [5, 5.41) is 0. The van der Waals surface area contributed by atoms with Crippen LogP contribution in [-0.2, 0) is 6.54 Å². The first-order valence-corrected chi connectivity index (χ1v) is 6.93. The van der Waals surface area contributed by atoms with Gasteiger partial charge in [-0.05, 0) is 25.2 Å². The minimum atomic E-state index is 0.636. The molecule has 1 atom stereocenters. The summed E-state index contributed by atoms with van der Waals surface area (Å²) < 4.78 is 0.